The maximum atomic E-state index is 13.8. The highest BCUT2D eigenvalue weighted by atomic mass is 32.2. The average Bonchev–Trinajstić information content (AvgIpc) is 2.73. The summed E-state index contributed by atoms with van der Waals surface area (Å²) in [5.41, 5.74) is 6.32. The number of rotatable bonds is 9. The van der Waals surface area contributed by atoms with Gasteiger partial charge in [-0.1, -0.05) is 34.6 Å². The third kappa shape index (κ3) is 7.74. The largest absolute Gasteiger partial charge is 0.465 e. The summed E-state index contributed by atoms with van der Waals surface area (Å²) in [6.45, 7) is 11.9. The van der Waals surface area contributed by atoms with Gasteiger partial charge in [-0.3, -0.25) is 4.79 Å². The van der Waals surface area contributed by atoms with Crippen molar-refractivity contribution >= 4 is 29.6 Å². The van der Waals surface area contributed by atoms with Crippen molar-refractivity contribution < 1.29 is 14.7 Å². The van der Waals surface area contributed by atoms with Crippen LogP contribution in [0, 0.1) is 5.92 Å². The van der Waals surface area contributed by atoms with Crippen molar-refractivity contribution in [3.8, 4) is 0 Å². The highest BCUT2D eigenvalue weighted by Gasteiger charge is 2.35. The van der Waals surface area contributed by atoms with Crippen molar-refractivity contribution in [2.75, 3.05) is 43.5 Å². The van der Waals surface area contributed by atoms with E-state index in [-0.39, 0.29) is 42.4 Å². The molecule has 0 bridgehead atoms. The van der Waals surface area contributed by atoms with Crippen molar-refractivity contribution in [3.05, 3.63) is 17.6 Å². The van der Waals surface area contributed by atoms with Gasteiger partial charge < -0.3 is 26.0 Å². The lowest BCUT2D eigenvalue weighted by Crippen LogP contribution is -2.58. The number of nitrogens with zero attached hydrogens (tertiary/aromatic N) is 4. The number of hydrogen-bond acceptors (Lipinski definition) is 7. The fraction of sp³-hybridized carbons (Fsp3) is 0.739. The molecule has 2 heterocycles. The molecule has 9 nitrogen and oxygen atoms in total. The van der Waals surface area contributed by atoms with Gasteiger partial charge in [-0.05, 0) is 30.8 Å². The Morgan fingerprint density at radius 2 is 2.06 bits per heavy atom. The van der Waals surface area contributed by atoms with E-state index in [1.807, 2.05) is 34.6 Å². The smallest absolute Gasteiger partial charge is 0.407 e. The zero-order valence-corrected chi connectivity index (χ0v) is 21.6. The van der Waals surface area contributed by atoms with Crippen LogP contribution >= 0.6 is 11.8 Å². The van der Waals surface area contributed by atoms with E-state index in [2.05, 4.69) is 16.6 Å². The van der Waals surface area contributed by atoms with E-state index in [9.17, 15) is 14.7 Å². The van der Waals surface area contributed by atoms with Gasteiger partial charge in [-0.25, -0.2) is 14.8 Å². The quantitative estimate of drug-likeness (QED) is 0.461. The molecule has 1 fully saturated rings. The van der Waals surface area contributed by atoms with E-state index in [0.717, 1.165) is 12.2 Å². The van der Waals surface area contributed by atoms with E-state index >= 15 is 0 Å². The normalized spacial score (nSPS) is 19.0. The van der Waals surface area contributed by atoms with E-state index < -0.39 is 6.09 Å². The Hall–Kier alpha value is -2.07. The number of thioether (sulfide) groups is 1. The van der Waals surface area contributed by atoms with Gasteiger partial charge in [0.15, 0.2) is 0 Å². The molecule has 0 aromatic carbocycles. The number of aromatic nitrogens is 2. The van der Waals surface area contributed by atoms with Crippen LogP contribution in [-0.4, -0.2) is 87.1 Å². The second-order valence-electron chi connectivity index (χ2n) is 10.2. The summed E-state index contributed by atoms with van der Waals surface area (Å²) >= 11 is 1.78. The Morgan fingerprint density at radius 1 is 1.36 bits per heavy atom. The van der Waals surface area contributed by atoms with Gasteiger partial charge in [0.25, 0.3) is 5.91 Å². The molecule has 2 amide bonds. The van der Waals surface area contributed by atoms with Crippen LogP contribution in [0.25, 0.3) is 0 Å². The van der Waals surface area contributed by atoms with Crippen molar-refractivity contribution in [1.82, 2.24) is 19.8 Å². The van der Waals surface area contributed by atoms with Crippen LogP contribution in [0.1, 0.15) is 63.6 Å². The summed E-state index contributed by atoms with van der Waals surface area (Å²) in [5, 5.41) is 12.9. The molecular weight excluding hydrogens is 440 g/mol. The summed E-state index contributed by atoms with van der Waals surface area (Å²) in [4.78, 5) is 37.8. The van der Waals surface area contributed by atoms with Crippen LogP contribution in [0.15, 0.2) is 6.20 Å². The highest BCUT2D eigenvalue weighted by Crippen LogP contribution is 2.25. The minimum atomic E-state index is -1.01. The van der Waals surface area contributed by atoms with Gasteiger partial charge in [-0.15, -0.1) is 0 Å². The predicted molar refractivity (Wildman–Crippen MR) is 134 cm³/mol. The van der Waals surface area contributed by atoms with Crippen molar-refractivity contribution in [2.24, 2.45) is 11.7 Å². The number of nitrogens with one attached hydrogen (secondary N) is 1. The fourth-order valence-electron chi connectivity index (χ4n) is 3.90. The molecule has 4 N–H and O–H groups in total. The van der Waals surface area contributed by atoms with E-state index in [0.29, 0.717) is 36.7 Å². The minimum absolute atomic E-state index is 0.194. The molecule has 1 aliphatic heterocycles. The number of amides is 2. The number of nitrogens with two attached hydrogens (primary N) is 1. The Labute approximate surface area is 201 Å². The topological polar surface area (TPSA) is 125 Å². The van der Waals surface area contributed by atoms with Gasteiger partial charge in [0.1, 0.15) is 17.2 Å². The highest BCUT2D eigenvalue weighted by molar-refractivity contribution is 7.98. The second-order valence-corrected chi connectivity index (χ2v) is 11.2. The molecule has 1 aromatic rings. The summed E-state index contributed by atoms with van der Waals surface area (Å²) in [6, 6.07) is -0.614. The van der Waals surface area contributed by atoms with Gasteiger partial charge in [0.05, 0.1) is 6.04 Å². The molecular formula is C23H40N6O3S. The molecule has 0 radical (unpaired) electrons. The molecule has 1 saturated heterocycles. The monoisotopic (exact) mass is 480 g/mol. The Morgan fingerprint density at radius 3 is 2.64 bits per heavy atom. The first kappa shape index (κ1) is 27.2. The molecule has 10 heteroatoms. The molecule has 186 valence electrons. The molecule has 1 aromatic heterocycles. The molecule has 2 atom stereocenters. The second kappa shape index (κ2) is 11.9. The number of hydrogen-bond donors (Lipinski definition) is 3. The Bertz CT molecular complexity index is 814. The van der Waals surface area contributed by atoms with Crippen molar-refractivity contribution in [3.63, 3.8) is 0 Å². The fourth-order valence-corrected chi connectivity index (χ4v) is 4.33. The number of carbonyl (C=O) groups is 2. The Balaban J connectivity index is 2.40. The third-order valence-electron chi connectivity index (χ3n) is 5.50. The van der Waals surface area contributed by atoms with Crippen LogP contribution in [0.2, 0.25) is 0 Å². The first-order valence-electron chi connectivity index (χ1n) is 11.6. The summed E-state index contributed by atoms with van der Waals surface area (Å²) in [5.74, 6) is 2.22. The molecule has 0 saturated carbocycles. The number of anilines is 1. The number of likely N-dealkylation sites (tertiary alicyclic amines) is 1. The third-order valence-corrected chi connectivity index (χ3v) is 6.20. The molecule has 1 aliphatic rings. The van der Waals surface area contributed by atoms with E-state index in [1.54, 1.807) is 22.9 Å². The lowest BCUT2D eigenvalue weighted by molar-refractivity contribution is 0.0477. The van der Waals surface area contributed by atoms with Crippen LogP contribution in [0.5, 0.6) is 0 Å². The number of carbonyl (C=O) groups excluding carboxylic acids is 1. The van der Waals surface area contributed by atoms with Gasteiger partial charge in [0.2, 0.25) is 0 Å². The van der Waals surface area contributed by atoms with Crippen LogP contribution in [0.4, 0.5) is 10.6 Å². The maximum absolute atomic E-state index is 13.8. The first-order chi connectivity index (χ1) is 15.4. The standard InChI is InChI=1S/C23H40N6O3S/c1-15(2)12-29(17-10-16(24)13-28(14-17)22(31)32)20(30)18-11-26-21(23(3,4)5)27-19(18)25-8-7-9-33-6/h11,15-17H,7-10,12-14,24H2,1-6H3,(H,31,32)(H,25,26,27)/t16-,17+/m1/s1. The Kier molecular flexibility index (Phi) is 9.78. The van der Waals surface area contributed by atoms with Crippen molar-refractivity contribution in [2.45, 2.75) is 65.0 Å². The SMILES string of the molecule is CSCCCNc1nc(C(C)(C)C)ncc1C(=O)N(CC(C)C)[C@H]1C[C@@H](N)CN(C(=O)O)C1. The van der Waals surface area contributed by atoms with Crippen LogP contribution in [0.3, 0.4) is 0 Å². The summed E-state index contributed by atoms with van der Waals surface area (Å²) in [6.07, 6.45) is 4.17. The molecule has 2 rings (SSSR count). The average molecular weight is 481 g/mol. The van der Waals surface area contributed by atoms with Gasteiger partial charge >= 0.3 is 6.09 Å². The lowest BCUT2D eigenvalue weighted by Gasteiger charge is -2.41. The number of carboxylic acid groups (broad SMARTS) is 1. The minimum Gasteiger partial charge on any atom is -0.465 e. The molecule has 33 heavy (non-hydrogen) atoms. The van der Waals surface area contributed by atoms with Crippen LogP contribution in [-0.2, 0) is 5.41 Å². The van der Waals surface area contributed by atoms with Gasteiger partial charge in [-0.2, -0.15) is 11.8 Å². The molecule has 0 aliphatic carbocycles. The predicted octanol–water partition coefficient (Wildman–Crippen LogP) is 3.12. The zero-order valence-electron chi connectivity index (χ0n) is 20.8. The first-order valence-corrected chi connectivity index (χ1v) is 13.0. The molecule has 0 spiro atoms. The summed E-state index contributed by atoms with van der Waals surface area (Å²) < 4.78 is 0. The molecule has 0 unspecified atom stereocenters. The van der Waals surface area contributed by atoms with E-state index in [1.165, 1.54) is 4.90 Å². The van der Waals surface area contributed by atoms with E-state index in [4.69, 9.17) is 10.7 Å². The zero-order chi connectivity index (χ0) is 24.8. The lowest BCUT2D eigenvalue weighted by atomic mass is 9.95. The van der Waals surface area contributed by atoms with Crippen molar-refractivity contribution in [1.29, 1.82) is 0 Å². The number of piperidine rings is 1. The van der Waals surface area contributed by atoms with Crippen LogP contribution < -0.4 is 11.1 Å². The van der Waals surface area contributed by atoms with Gasteiger partial charge in [0, 0.05) is 43.8 Å². The maximum Gasteiger partial charge on any atom is 0.407 e. The summed E-state index contributed by atoms with van der Waals surface area (Å²) in [7, 11) is 0.